The third-order valence-corrected chi connectivity index (χ3v) is 9.61. The van der Waals surface area contributed by atoms with Crippen LogP contribution in [0.4, 0.5) is 0 Å². The molecule has 0 bridgehead atoms. The van der Waals surface area contributed by atoms with E-state index >= 15 is 0 Å². The van der Waals surface area contributed by atoms with Crippen molar-refractivity contribution in [3.63, 3.8) is 0 Å². The number of carbonyl (C=O) groups is 2. The highest BCUT2D eigenvalue weighted by atomic mass is 35.5. The van der Waals surface area contributed by atoms with Crippen molar-refractivity contribution in [3.8, 4) is 0 Å². The molecule has 0 aromatic carbocycles. The number of rotatable bonds is 32. The van der Waals surface area contributed by atoms with Crippen LogP contribution in [0, 0.1) is 0 Å². The highest BCUT2D eigenvalue weighted by Gasteiger charge is 2.45. The summed E-state index contributed by atoms with van der Waals surface area (Å²) >= 11 is 0. The molecular formula is C42H79ClNO4+. The number of nitrogens with zero attached hydrogens (tertiary/aromatic N) is 1. The van der Waals surface area contributed by atoms with Gasteiger partial charge in [0, 0.05) is 12.8 Å². The molecule has 2 unspecified atom stereocenters. The standard InChI is InChI=1S/C42H78NO4.ClH/c1-5-7-9-11-13-15-17-19-21-23-25-27-29-31-33-35-41(44)46-39-37-43(3,4)38-40(39)47-42(45)36-34-32-30-28-26-24-22-20-18-16-14-12-10-8-6-2;/h19-22,39-40H,5-18,23-38H2,1-4H3;1H/q+1;/b21-19-,22-20-;. The Bertz CT molecular complexity index is 747. The molecule has 0 aliphatic carbocycles. The van der Waals surface area contributed by atoms with Crippen molar-refractivity contribution in [2.24, 2.45) is 0 Å². The molecule has 48 heavy (non-hydrogen) atoms. The van der Waals surface area contributed by atoms with Crippen LogP contribution in [0.15, 0.2) is 24.3 Å². The quantitative estimate of drug-likeness (QED) is 0.0304. The molecule has 0 aromatic heterocycles. The minimum absolute atomic E-state index is 0. The van der Waals surface area contributed by atoms with Gasteiger partial charge in [-0.25, -0.2) is 0 Å². The molecule has 0 amide bonds. The molecule has 1 heterocycles. The fourth-order valence-corrected chi connectivity index (χ4v) is 6.65. The Morgan fingerprint density at radius 2 is 0.750 bits per heavy atom. The molecule has 2 atom stereocenters. The number of carbonyl (C=O) groups excluding carboxylic acids is 2. The Hall–Kier alpha value is -1.33. The number of likely N-dealkylation sites (tertiary alicyclic amines) is 1. The topological polar surface area (TPSA) is 52.6 Å². The summed E-state index contributed by atoms with van der Waals surface area (Å²) in [7, 11) is 4.23. The maximum absolute atomic E-state index is 12.6. The van der Waals surface area contributed by atoms with E-state index in [2.05, 4.69) is 52.2 Å². The van der Waals surface area contributed by atoms with Crippen molar-refractivity contribution in [1.29, 1.82) is 0 Å². The largest absolute Gasteiger partial charge is 0.452 e. The minimum Gasteiger partial charge on any atom is -0.452 e. The molecule has 0 radical (unpaired) electrons. The van der Waals surface area contributed by atoms with E-state index in [9.17, 15) is 9.59 Å². The van der Waals surface area contributed by atoms with Gasteiger partial charge in [0.15, 0.2) is 12.2 Å². The molecule has 0 spiro atoms. The van der Waals surface area contributed by atoms with Gasteiger partial charge in [-0.3, -0.25) is 9.59 Å². The fourth-order valence-electron chi connectivity index (χ4n) is 6.65. The number of esters is 2. The first-order valence-corrected chi connectivity index (χ1v) is 20.4. The van der Waals surface area contributed by atoms with Gasteiger partial charge in [0.2, 0.25) is 0 Å². The van der Waals surface area contributed by atoms with Gasteiger partial charge >= 0.3 is 11.9 Å². The summed E-state index contributed by atoms with van der Waals surface area (Å²) < 4.78 is 12.4. The van der Waals surface area contributed by atoms with Crippen LogP contribution in [-0.4, -0.2) is 55.8 Å². The van der Waals surface area contributed by atoms with E-state index in [0.717, 1.165) is 25.7 Å². The van der Waals surface area contributed by atoms with Crippen molar-refractivity contribution in [2.75, 3.05) is 27.2 Å². The molecule has 1 aliphatic heterocycles. The molecule has 0 saturated carbocycles. The summed E-state index contributed by atoms with van der Waals surface area (Å²) in [6.07, 6.45) is 42.0. The van der Waals surface area contributed by atoms with Gasteiger partial charge in [0.05, 0.1) is 14.1 Å². The van der Waals surface area contributed by atoms with Gasteiger partial charge in [-0.2, -0.15) is 0 Å². The number of quaternary nitrogens is 1. The normalized spacial score (nSPS) is 17.2. The van der Waals surface area contributed by atoms with E-state index < -0.39 is 0 Å². The fraction of sp³-hybridized carbons (Fsp3) is 0.857. The maximum atomic E-state index is 12.6. The Morgan fingerprint density at radius 1 is 0.479 bits per heavy atom. The molecule has 1 rings (SSSR count). The predicted octanol–water partition coefficient (Wildman–Crippen LogP) is 12.4. The Labute approximate surface area is 304 Å². The second-order valence-corrected chi connectivity index (χ2v) is 15.0. The SMILES string of the molecule is CCCCCCCC/C=C\CCCCCCCC(=O)OC1C[N+](C)(C)CC1OC(=O)CCCCCCC/C=C\CCCCCCCC.Cl. The van der Waals surface area contributed by atoms with Crippen LogP contribution in [-0.2, 0) is 19.1 Å². The molecule has 282 valence electrons. The van der Waals surface area contributed by atoms with E-state index in [1.807, 2.05) is 0 Å². The number of ether oxygens (including phenoxy) is 2. The molecule has 5 nitrogen and oxygen atoms in total. The highest BCUT2D eigenvalue weighted by Crippen LogP contribution is 2.23. The number of hydrogen-bond donors (Lipinski definition) is 0. The summed E-state index contributed by atoms with van der Waals surface area (Å²) in [6.45, 7) is 5.93. The van der Waals surface area contributed by atoms with Gasteiger partial charge in [0.25, 0.3) is 0 Å². The van der Waals surface area contributed by atoms with Crippen molar-refractivity contribution >= 4 is 24.3 Å². The molecular weight excluding hydrogens is 618 g/mol. The van der Waals surface area contributed by atoms with Crippen molar-refractivity contribution < 1.29 is 23.5 Å². The number of halogens is 1. The zero-order valence-corrected chi connectivity index (χ0v) is 33.0. The van der Waals surface area contributed by atoms with Crippen LogP contribution in [0.1, 0.15) is 194 Å². The van der Waals surface area contributed by atoms with Crippen LogP contribution in [0.3, 0.4) is 0 Å². The second-order valence-electron chi connectivity index (χ2n) is 15.0. The summed E-state index contributed by atoms with van der Waals surface area (Å²) in [6, 6.07) is 0. The maximum Gasteiger partial charge on any atom is 0.306 e. The van der Waals surface area contributed by atoms with Crippen molar-refractivity contribution in [3.05, 3.63) is 24.3 Å². The number of hydrogen-bond acceptors (Lipinski definition) is 4. The summed E-state index contributed by atoms with van der Waals surface area (Å²) in [5.74, 6) is -0.291. The van der Waals surface area contributed by atoms with Crippen molar-refractivity contribution in [1.82, 2.24) is 0 Å². The first kappa shape index (κ1) is 46.7. The first-order chi connectivity index (χ1) is 22.9. The lowest BCUT2D eigenvalue weighted by Crippen LogP contribution is -2.38. The van der Waals surface area contributed by atoms with Crippen LogP contribution in [0.5, 0.6) is 0 Å². The van der Waals surface area contributed by atoms with Crippen LogP contribution in [0.2, 0.25) is 0 Å². The van der Waals surface area contributed by atoms with Gasteiger partial charge in [0.1, 0.15) is 13.1 Å². The van der Waals surface area contributed by atoms with E-state index in [1.165, 1.54) is 141 Å². The zero-order valence-electron chi connectivity index (χ0n) is 32.2. The molecule has 0 aromatic rings. The van der Waals surface area contributed by atoms with E-state index in [0.29, 0.717) is 30.4 Å². The van der Waals surface area contributed by atoms with E-state index in [1.54, 1.807) is 0 Å². The predicted molar refractivity (Wildman–Crippen MR) is 208 cm³/mol. The van der Waals surface area contributed by atoms with Crippen LogP contribution >= 0.6 is 12.4 Å². The lowest BCUT2D eigenvalue weighted by Gasteiger charge is -2.22. The minimum atomic E-state index is -0.335. The van der Waals surface area contributed by atoms with Crippen molar-refractivity contribution in [2.45, 2.75) is 206 Å². The third-order valence-electron chi connectivity index (χ3n) is 9.61. The Balaban J connectivity index is 0.0000221. The average Bonchev–Trinajstić information content (AvgIpc) is 3.32. The van der Waals surface area contributed by atoms with Gasteiger partial charge in [-0.15, -0.1) is 12.4 Å². The molecule has 1 aliphatic rings. The molecule has 6 heteroatoms. The Morgan fingerprint density at radius 3 is 1.06 bits per heavy atom. The second kappa shape index (κ2) is 32.9. The van der Waals surface area contributed by atoms with E-state index in [-0.39, 0.29) is 36.6 Å². The lowest BCUT2D eigenvalue weighted by atomic mass is 10.1. The highest BCUT2D eigenvalue weighted by molar-refractivity contribution is 5.85. The first-order valence-electron chi connectivity index (χ1n) is 20.4. The number of likely N-dealkylation sites (N-methyl/N-ethyl adjacent to an activating group) is 1. The van der Waals surface area contributed by atoms with Gasteiger partial charge < -0.3 is 14.0 Å². The zero-order chi connectivity index (χ0) is 34.3. The molecule has 1 saturated heterocycles. The molecule has 1 fully saturated rings. The summed E-state index contributed by atoms with van der Waals surface area (Å²) in [5.41, 5.74) is 0. The third kappa shape index (κ3) is 28.5. The average molecular weight is 698 g/mol. The smallest absolute Gasteiger partial charge is 0.306 e. The van der Waals surface area contributed by atoms with Crippen LogP contribution < -0.4 is 0 Å². The monoisotopic (exact) mass is 697 g/mol. The summed E-state index contributed by atoms with van der Waals surface area (Å²) in [5, 5.41) is 0. The summed E-state index contributed by atoms with van der Waals surface area (Å²) in [4.78, 5) is 25.2. The molecule has 0 N–H and O–H groups in total. The van der Waals surface area contributed by atoms with Crippen LogP contribution in [0.25, 0.3) is 0 Å². The van der Waals surface area contributed by atoms with E-state index in [4.69, 9.17) is 9.47 Å². The number of unbranched alkanes of at least 4 members (excludes halogenated alkanes) is 22. The lowest BCUT2D eigenvalue weighted by molar-refractivity contribution is -0.880. The number of allylic oxidation sites excluding steroid dienone is 4. The Kier molecular flexibility index (Phi) is 31.9. The van der Waals surface area contributed by atoms with Gasteiger partial charge in [-0.05, 0) is 64.2 Å². The van der Waals surface area contributed by atoms with Gasteiger partial charge in [-0.1, -0.05) is 141 Å².